The topological polar surface area (TPSA) is 282 Å². The standard InChI is InChI=1S/2C27H34N4O5S2.2Na/c2*1-4-6-22-23(12-11-21(18(3)32)26(22)35)36-13-5-14-37-20-9-7-19(8-10-20)27(17(2)15-25(33)34)38-16-24-28-30-31-29-24;;/h2*7-12,17,27,35H,4-6,13-16H2,1-3H3,(H,33,34)(H,28,29,30,31);;/q;;2*+1/p-2. The zero-order valence-electron chi connectivity index (χ0n) is 45.6. The summed E-state index contributed by atoms with van der Waals surface area (Å²) in [4.78, 5) is 48.1. The first-order valence-electron chi connectivity index (χ1n) is 25.1. The summed E-state index contributed by atoms with van der Waals surface area (Å²) in [6, 6.07) is 23.1. The molecule has 6 rings (SSSR count). The molecule has 0 aliphatic heterocycles. The average Bonchev–Trinajstić information content (AvgIpc) is 4.12. The number of carbonyl (C=O) groups is 4. The number of nitrogens with zero attached hydrogens (tertiary/aromatic N) is 6. The Balaban J connectivity index is 0.000000400. The second-order valence-electron chi connectivity index (χ2n) is 18.0. The number of aromatic hydroxyl groups is 2. The Morgan fingerprint density at radius 2 is 0.962 bits per heavy atom. The first kappa shape index (κ1) is 68.2. The van der Waals surface area contributed by atoms with Gasteiger partial charge >= 0.3 is 59.1 Å². The molecule has 4 unspecified atom stereocenters. The number of hydrogen-bond acceptors (Lipinski definition) is 20. The number of ether oxygens (including phenoxy) is 2. The van der Waals surface area contributed by atoms with Gasteiger partial charge in [-0.05, 0) is 124 Å². The third-order valence-corrected chi connectivity index (χ3v) is 17.1. The summed E-state index contributed by atoms with van der Waals surface area (Å²) in [7, 11) is 0. The van der Waals surface area contributed by atoms with E-state index in [-0.39, 0.29) is 117 Å². The van der Waals surface area contributed by atoms with Crippen LogP contribution in [0.25, 0.3) is 0 Å². The van der Waals surface area contributed by atoms with Gasteiger partial charge in [0, 0.05) is 54.9 Å². The van der Waals surface area contributed by atoms with Crippen LogP contribution in [0.4, 0.5) is 0 Å². The van der Waals surface area contributed by atoms with E-state index in [1.54, 1.807) is 71.3 Å². The van der Waals surface area contributed by atoms with Crippen LogP contribution in [-0.2, 0) is 33.9 Å². The van der Waals surface area contributed by atoms with E-state index in [0.29, 0.717) is 83.0 Å². The van der Waals surface area contributed by atoms with Crippen molar-refractivity contribution in [3.8, 4) is 23.0 Å². The number of thioether (sulfide) groups is 4. The Bertz CT molecular complexity index is 2580. The molecule has 78 heavy (non-hydrogen) atoms. The summed E-state index contributed by atoms with van der Waals surface area (Å²) in [6.45, 7) is 11.7. The summed E-state index contributed by atoms with van der Waals surface area (Å²) in [6.07, 6.45) is 4.49. The number of carbonyl (C=O) groups excluding carboxylic acids is 4. The van der Waals surface area contributed by atoms with Crippen LogP contribution < -0.4 is 78.8 Å². The summed E-state index contributed by atoms with van der Waals surface area (Å²) < 4.78 is 11.9. The van der Waals surface area contributed by atoms with E-state index in [0.717, 1.165) is 58.1 Å². The van der Waals surface area contributed by atoms with Gasteiger partial charge in [-0.2, -0.15) is 10.4 Å². The quantitative estimate of drug-likeness (QED) is 0.0204. The van der Waals surface area contributed by atoms with Crippen LogP contribution in [0, 0.1) is 11.8 Å². The van der Waals surface area contributed by atoms with Gasteiger partial charge in [0.15, 0.2) is 23.2 Å². The number of Topliss-reactive ketones (excluding diaryl/α,β-unsaturated/α-hetero) is 2. The number of H-pyrrole nitrogens is 2. The van der Waals surface area contributed by atoms with Crippen molar-refractivity contribution in [2.24, 2.45) is 11.8 Å². The number of ketones is 2. The number of tetrazole rings is 2. The number of aliphatic carboxylic acids is 2. The van der Waals surface area contributed by atoms with Gasteiger partial charge in [-0.25, -0.2) is 0 Å². The minimum absolute atomic E-state index is 0. The number of carboxylic acid groups (broad SMARTS) is 2. The van der Waals surface area contributed by atoms with E-state index >= 15 is 0 Å². The number of phenols is 2. The molecule has 4 atom stereocenters. The number of nitrogens with one attached hydrogen (secondary N) is 2. The number of aromatic nitrogens is 8. The zero-order chi connectivity index (χ0) is 55.0. The molecule has 408 valence electrons. The molecule has 6 aromatic rings. The van der Waals surface area contributed by atoms with Crippen molar-refractivity contribution >= 4 is 70.6 Å². The number of phenolic OH excluding ortho intramolecular Hbond substituents is 2. The second-order valence-corrected chi connectivity index (χ2v) is 22.6. The fraction of sp³-hybridized carbons (Fsp3) is 0.444. The van der Waals surface area contributed by atoms with Gasteiger partial charge in [-0.3, -0.25) is 9.59 Å². The maximum atomic E-state index is 11.7. The Hall–Kier alpha value is -4.10. The van der Waals surface area contributed by atoms with Crippen molar-refractivity contribution in [2.45, 2.75) is 125 Å². The molecular weight excluding hydrogens is 1090 g/mol. The summed E-state index contributed by atoms with van der Waals surface area (Å²) in [5.41, 5.74) is 4.09. The van der Waals surface area contributed by atoms with Crippen LogP contribution in [0.5, 0.6) is 23.0 Å². The Labute approximate surface area is 517 Å². The number of benzene rings is 4. The predicted molar refractivity (Wildman–Crippen MR) is 293 cm³/mol. The smallest absolute Gasteiger partial charge is 0.550 e. The number of aromatic amines is 2. The molecule has 0 radical (unpaired) electrons. The van der Waals surface area contributed by atoms with Gasteiger partial charge in [-0.1, -0.05) is 75.2 Å². The second kappa shape index (κ2) is 36.3. The molecule has 18 nitrogen and oxygen atoms in total. The molecule has 4 N–H and O–H groups in total. The maximum absolute atomic E-state index is 11.7. The van der Waals surface area contributed by atoms with Crippen LogP contribution in [0.3, 0.4) is 0 Å². The van der Waals surface area contributed by atoms with E-state index in [9.17, 15) is 39.6 Å². The van der Waals surface area contributed by atoms with Crippen molar-refractivity contribution in [3.05, 3.63) is 118 Å². The van der Waals surface area contributed by atoms with E-state index < -0.39 is 11.9 Å². The van der Waals surface area contributed by atoms with Crippen LogP contribution in [-0.4, -0.2) is 99.7 Å². The molecule has 0 bridgehead atoms. The summed E-state index contributed by atoms with van der Waals surface area (Å²) >= 11 is 6.59. The SMILES string of the molecule is CCCc1c(OCCCSc2ccc(C(SCc3nn[nH]n3)C(C)CC(=O)[O-])cc2)ccc(C(C)=O)c1O.CCCc1c(OCCCSc2ccc(C(SCc3nn[nH]n3)C(C)CC(=O)[O-])cc2)ccc(C(C)=O)c1O.[Na+].[Na+]. The fourth-order valence-electron chi connectivity index (χ4n) is 8.16. The zero-order valence-corrected chi connectivity index (χ0v) is 52.9. The molecule has 0 fully saturated rings. The maximum Gasteiger partial charge on any atom is 1.00 e. The van der Waals surface area contributed by atoms with E-state index in [4.69, 9.17) is 9.47 Å². The Kier molecular flexibility index (Phi) is 31.7. The van der Waals surface area contributed by atoms with Crippen molar-refractivity contribution in [2.75, 3.05) is 24.7 Å². The summed E-state index contributed by atoms with van der Waals surface area (Å²) in [5.74, 6) is 2.43. The molecule has 0 aliphatic rings. The third kappa shape index (κ3) is 22.1. The molecule has 0 spiro atoms. The Morgan fingerprint density at radius 1 is 0.590 bits per heavy atom. The molecule has 0 aliphatic carbocycles. The van der Waals surface area contributed by atoms with Crippen molar-refractivity contribution < 1.29 is 108 Å². The van der Waals surface area contributed by atoms with Gasteiger partial charge in [0.25, 0.3) is 0 Å². The van der Waals surface area contributed by atoms with Crippen LogP contribution in [0.15, 0.2) is 82.6 Å². The molecule has 24 heteroatoms. The fourth-order valence-corrected chi connectivity index (χ4v) is 12.3. The van der Waals surface area contributed by atoms with Crippen molar-refractivity contribution in [1.82, 2.24) is 41.2 Å². The number of rotatable bonds is 32. The Morgan fingerprint density at radius 3 is 1.27 bits per heavy atom. The first-order valence-corrected chi connectivity index (χ1v) is 29.2. The molecule has 0 saturated carbocycles. The van der Waals surface area contributed by atoms with Gasteiger partial charge < -0.3 is 39.5 Å². The molecular formula is C54H66N8Na2O10S4. The van der Waals surface area contributed by atoms with E-state index in [1.807, 2.05) is 76.2 Å². The average molecular weight is 1160 g/mol. The summed E-state index contributed by atoms with van der Waals surface area (Å²) in [5, 5.41) is 71.2. The first-order chi connectivity index (χ1) is 36.6. The number of carboxylic acids is 2. The monoisotopic (exact) mass is 1160 g/mol. The molecule has 2 heterocycles. The van der Waals surface area contributed by atoms with Gasteiger partial charge in [0.2, 0.25) is 0 Å². The minimum atomic E-state index is -1.07. The predicted octanol–water partition coefficient (Wildman–Crippen LogP) is 2.75. The number of hydrogen-bond donors (Lipinski definition) is 4. The van der Waals surface area contributed by atoms with E-state index in [1.165, 1.54) is 13.8 Å². The van der Waals surface area contributed by atoms with Gasteiger partial charge in [0.05, 0.1) is 35.8 Å². The van der Waals surface area contributed by atoms with Crippen LogP contribution >= 0.6 is 47.0 Å². The third-order valence-electron chi connectivity index (χ3n) is 11.9. The van der Waals surface area contributed by atoms with Crippen molar-refractivity contribution in [1.29, 1.82) is 0 Å². The molecule has 4 aromatic carbocycles. The molecule has 0 saturated heterocycles. The van der Waals surface area contributed by atoms with Gasteiger partial charge in [-0.15, -0.1) is 67.4 Å². The van der Waals surface area contributed by atoms with E-state index in [2.05, 4.69) is 41.2 Å². The largest absolute Gasteiger partial charge is 1.00 e. The molecule has 0 amide bonds. The van der Waals surface area contributed by atoms with Crippen LogP contribution in [0.1, 0.15) is 145 Å². The minimum Gasteiger partial charge on any atom is -0.550 e. The normalized spacial score (nSPS) is 12.4. The van der Waals surface area contributed by atoms with Crippen LogP contribution in [0.2, 0.25) is 0 Å². The molecule has 2 aromatic heterocycles. The van der Waals surface area contributed by atoms with Gasteiger partial charge in [0.1, 0.15) is 23.0 Å². The van der Waals surface area contributed by atoms with Crippen molar-refractivity contribution in [3.63, 3.8) is 0 Å².